The lowest BCUT2D eigenvalue weighted by molar-refractivity contribution is -0.120. The fraction of sp³-hybridized carbons (Fsp3) is 0.261. The van der Waals surface area contributed by atoms with Crippen LogP contribution in [0.1, 0.15) is 41.6 Å². The minimum absolute atomic E-state index is 0.0998. The van der Waals surface area contributed by atoms with E-state index in [1.165, 1.54) is 12.1 Å². The lowest BCUT2D eigenvalue weighted by Crippen LogP contribution is -2.33. The Morgan fingerprint density at radius 2 is 1.78 bits per heavy atom. The van der Waals surface area contributed by atoms with Crippen LogP contribution in [-0.2, 0) is 9.59 Å². The Morgan fingerprint density at radius 3 is 2.47 bits per heavy atom. The summed E-state index contributed by atoms with van der Waals surface area (Å²) in [5, 5.41) is 5.39. The van der Waals surface area contributed by atoms with Gasteiger partial charge in [0.25, 0.3) is 17.7 Å². The van der Waals surface area contributed by atoms with Gasteiger partial charge in [0.15, 0.2) is 0 Å². The maximum Gasteiger partial charge on any atom is 0.283 e. The number of rotatable bonds is 5. The highest BCUT2D eigenvalue weighted by atomic mass is 35.5. The summed E-state index contributed by atoms with van der Waals surface area (Å²) in [7, 11) is 0. The van der Waals surface area contributed by atoms with Gasteiger partial charge in [-0.05, 0) is 55.7 Å². The number of imide groups is 1. The molecule has 1 aliphatic heterocycles. The number of anilines is 2. The summed E-state index contributed by atoms with van der Waals surface area (Å²) in [4.78, 5) is 39.1. The monoisotopic (exact) mass is 475 g/mol. The lowest BCUT2D eigenvalue weighted by atomic mass is 10.1. The molecule has 0 spiro atoms. The molecule has 1 aliphatic carbocycles. The van der Waals surface area contributed by atoms with Crippen molar-refractivity contribution in [3.05, 3.63) is 69.1 Å². The van der Waals surface area contributed by atoms with Crippen LogP contribution in [0.5, 0.6) is 0 Å². The van der Waals surface area contributed by atoms with E-state index < -0.39 is 17.6 Å². The van der Waals surface area contributed by atoms with Crippen LogP contribution < -0.4 is 15.5 Å². The van der Waals surface area contributed by atoms with Crippen molar-refractivity contribution < 1.29 is 18.8 Å². The third-order valence-corrected chi connectivity index (χ3v) is 6.28. The van der Waals surface area contributed by atoms with Gasteiger partial charge in [-0.25, -0.2) is 9.29 Å². The van der Waals surface area contributed by atoms with Crippen LogP contribution in [0.2, 0.25) is 5.02 Å². The molecule has 6 nitrogen and oxygen atoms in total. The van der Waals surface area contributed by atoms with Gasteiger partial charge < -0.3 is 10.6 Å². The van der Waals surface area contributed by atoms with Crippen molar-refractivity contribution in [2.75, 3.05) is 10.2 Å². The van der Waals surface area contributed by atoms with E-state index in [1.54, 1.807) is 25.1 Å². The Kier molecular flexibility index (Phi) is 6.22. The molecule has 9 heteroatoms. The molecule has 3 amide bonds. The minimum Gasteiger partial charge on any atom is -0.349 e. The molecule has 0 atom stereocenters. The molecule has 2 aliphatic rings. The van der Waals surface area contributed by atoms with E-state index in [4.69, 9.17) is 23.2 Å². The van der Waals surface area contributed by atoms with Gasteiger partial charge in [0.1, 0.15) is 16.5 Å². The lowest BCUT2D eigenvalue weighted by Gasteiger charge is -2.17. The summed E-state index contributed by atoms with van der Waals surface area (Å²) in [5.74, 6) is -2.33. The molecule has 32 heavy (non-hydrogen) atoms. The predicted molar refractivity (Wildman–Crippen MR) is 121 cm³/mol. The molecule has 2 aromatic carbocycles. The van der Waals surface area contributed by atoms with Gasteiger partial charge in [-0.1, -0.05) is 42.1 Å². The Balaban J connectivity index is 1.57. The van der Waals surface area contributed by atoms with Crippen molar-refractivity contribution in [1.82, 2.24) is 5.32 Å². The van der Waals surface area contributed by atoms with Gasteiger partial charge in [-0.3, -0.25) is 14.4 Å². The highest BCUT2D eigenvalue weighted by Crippen LogP contribution is 2.33. The second kappa shape index (κ2) is 8.92. The van der Waals surface area contributed by atoms with Gasteiger partial charge in [-0.2, -0.15) is 0 Å². The van der Waals surface area contributed by atoms with Crippen LogP contribution in [0.15, 0.2) is 47.1 Å². The fourth-order valence-electron chi connectivity index (χ4n) is 3.84. The van der Waals surface area contributed by atoms with Crippen LogP contribution in [-0.4, -0.2) is 23.8 Å². The second-order valence-corrected chi connectivity index (χ2v) is 8.63. The Hall–Kier alpha value is -2.90. The van der Waals surface area contributed by atoms with E-state index in [0.29, 0.717) is 11.3 Å². The number of hydrogen-bond donors (Lipinski definition) is 2. The molecule has 1 saturated carbocycles. The normalized spacial score (nSPS) is 16.8. The topological polar surface area (TPSA) is 78.5 Å². The average molecular weight is 476 g/mol. The zero-order chi connectivity index (χ0) is 23.0. The quantitative estimate of drug-likeness (QED) is 0.603. The molecule has 166 valence electrons. The highest BCUT2D eigenvalue weighted by molar-refractivity contribution is 6.53. The first-order valence-corrected chi connectivity index (χ1v) is 10.9. The van der Waals surface area contributed by atoms with Gasteiger partial charge in [-0.15, -0.1) is 0 Å². The number of nitrogens with zero attached hydrogens (tertiary/aromatic N) is 1. The van der Waals surface area contributed by atoms with Crippen LogP contribution >= 0.6 is 23.2 Å². The Morgan fingerprint density at radius 1 is 1.06 bits per heavy atom. The minimum atomic E-state index is -0.755. The molecule has 1 fully saturated rings. The number of carbonyl (C=O) groups excluding carboxylic acids is 3. The van der Waals surface area contributed by atoms with Gasteiger partial charge in [0, 0.05) is 17.3 Å². The number of hydrogen-bond acceptors (Lipinski definition) is 4. The predicted octanol–water partition coefficient (Wildman–Crippen LogP) is 4.90. The molecule has 4 rings (SSSR count). The van der Waals surface area contributed by atoms with Crippen LogP contribution in [0.4, 0.5) is 15.8 Å². The third kappa shape index (κ3) is 4.23. The number of benzene rings is 2. The maximum absolute atomic E-state index is 13.5. The van der Waals surface area contributed by atoms with E-state index in [2.05, 4.69) is 10.6 Å². The molecule has 0 bridgehead atoms. The Labute approximate surface area is 194 Å². The highest BCUT2D eigenvalue weighted by Gasteiger charge is 2.39. The molecular formula is C23H20Cl2FN3O3. The number of halogens is 3. The van der Waals surface area contributed by atoms with E-state index >= 15 is 0 Å². The summed E-state index contributed by atoms with van der Waals surface area (Å²) in [6.07, 6.45) is 4.13. The van der Waals surface area contributed by atoms with E-state index in [1.807, 2.05) is 0 Å². The molecule has 1 heterocycles. The first-order chi connectivity index (χ1) is 15.3. The number of carbonyl (C=O) groups is 3. The van der Waals surface area contributed by atoms with E-state index in [0.717, 1.165) is 42.2 Å². The molecule has 0 saturated heterocycles. The van der Waals surface area contributed by atoms with Crippen LogP contribution in [0.25, 0.3) is 0 Å². The average Bonchev–Trinajstić information content (AvgIpc) is 3.34. The first kappa shape index (κ1) is 22.3. The van der Waals surface area contributed by atoms with Crippen molar-refractivity contribution in [2.45, 2.75) is 38.6 Å². The zero-order valence-electron chi connectivity index (χ0n) is 17.2. The van der Waals surface area contributed by atoms with Gasteiger partial charge in [0.2, 0.25) is 0 Å². The summed E-state index contributed by atoms with van der Waals surface area (Å²) < 4.78 is 13.5. The van der Waals surface area contributed by atoms with E-state index in [-0.39, 0.29) is 33.4 Å². The molecule has 0 aromatic heterocycles. The molecule has 2 N–H and O–H groups in total. The summed E-state index contributed by atoms with van der Waals surface area (Å²) >= 11 is 12.0. The fourth-order valence-corrected chi connectivity index (χ4v) is 4.23. The third-order valence-electron chi connectivity index (χ3n) is 5.64. The summed E-state index contributed by atoms with van der Waals surface area (Å²) in [6.45, 7) is 1.80. The van der Waals surface area contributed by atoms with Gasteiger partial charge >= 0.3 is 0 Å². The van der Waals surface area contributed by atoms with Crippen molar-refractivity contribution in [3.63, 3.8) is 0 Å². The largest absolute Gasteiger partial charge is 0.349 e. The Bertz CT molecular complexity index is 1160. The van der Waals surface area contributed by atoms with Crippen LogP contribution in [0, 0.1) is 12.7 Å². The van der Waals surface area contributed by atoms with Crippen molar-refractivity contribution in [1.29, 1.82) is 0 Å². The zero-order valence-corrected chi connectivity index (χ0v) is 18.7. The van der Waals surface area contributed by atoms with E-state index in [9.17, 15) is 18.8 Å². The molecular weight excluding hydrogens is 456 g/mol. The van der Waals surface area contributed by atoms with Crippen LogP contribution in [0.3, 0.4) is 0 Å². The smallest absolute Gasteiger partial charge is 0.283 e. The SMILES string of the molecule is Cc1ccc(C(=O)NC2CCCC2)cc1NC1=C(Cl)C(=O)N(c2ccc(F)c(Cl)c2)C1=O. The van der Waals surface area contributed by atoms with Crippen molar-refractivity contribution >= 4 is 52.3 Å². The molecule has 0 radical (unpaired) electrons. The second-order valence-electron chi connectivity index (χ2n) is 7.84. The van der Waals surface area contributed by atoms with Gasteiger partial charge in [0.05, 0.1) is 10.7 Å². The number of amides is 3. The van der Waals surface area contributed by atoms with Crippen molar-refractivity contribution in [2.24, 2.45) is 0 Å². The summed E-state index contributed by atoms with van der Waals surface area (Å²) in [6, 6.07) is 8.75. The molecule has 0 unspecified atom stereocenters. The number of nitrogens with one attached hydrogen (secondary N) is 2. The standard InChI is InChI=1S/C23H20Cl2FN3O3/c1-12-6-7-13(21(30)27-14-4-2-3-5-14)10-18(12)28-20-19(25)22(31)29(23(20)32)15-8-9-17(26)16(24)11-15/h6-11,14,28H,2-5H2,1H3,(H,27,30). The number of aryl methyl sites for hydroxylation is 1. The maximum atomic E-state index is 13.5. The summed E-state index contributed by atoms with van der Waals surface area (Å²) in [5.41, 5.74) is 1.62. The first-order valence-electron chi connectivity index (χ1n) is 10.2. The molecule has 2 aromatic rings. The van der Waals surface area contributed by atoms with Crippen molar-refractivity contribution in [3.8, 4) is 0 Å².